The Labute approximate surface area is 95.1 Å². The molecule has 0 radical (unpaired) electrons. The van der Waals surface area contributed by atoms with E-state index in [0.717, 1.165) is 12.3 Å². The summed E-state index contributed by atoms with van der Waals surface area (Å²) in [6.07, 6.45) is 2.31. The van der Waals surface area contributed by atoms with Gasteiger partial charge in [0.2, 0.25) is 0 Å². The first kappa shape index (κ1) is 11.0. The van der Waals surface area contributed by atoms with Gasteiger partial charge in [-0.1, -0.05) is 18.2 Å². The lowest BCUT2D eigenvalue weighted by atomic mass is 10.4. The van der Waals surface area contributed by atoms with E-state index in [0.29, 0.717) is 6.04 Å². The Morgan fingerprint density at radius 3 is 2.73 bits per heavy atom. The number of rotatable bonds is 6. The van der Waals surface area contributed by atoms with Gasteiger partial charge in [0.25, 0.3) is 0 Å². The van der Waals surface area contributed by atoms with Gasteiger partial charge in [0.15, 0.2) is 0 Å². The number of thioether (sulfide) groups is 1. The highest BCUT2D eigenvalue weighted by molar-refractivity contribution is 7.99. The number of aliphatic hydroxyl groups excluding tert-OH is 1. The minimum Gasteiger partial charge on any atom is -0.391 e. The van der Waals surface area contributed by atoms with E-state index in [1.54, 1.807) is 11.8 Å². The molecule has 0 aliphatic heterocycles. The Hall–Kier alpha value is -0.510. The molecule has 1 aromatic carbocycles. The highest BCUT2D eigenvalue weighted by atomic mass is 32.2. The molecule has 0 aromatic heterocycles. The summed E-state index contributed by atoms with van der Waals surface area (Å²) in [6.45, 7) is 0.727. The van der Waals surface area contributed by atoms with Crippen LogP contribution in [-0.2, 0) is 0 Å². The van der Waals surface area contributed by atoms with Crippen molar-refractivity contribution in [3.63, 3.8) is 0 Å². The first-order valence-corrected chi connectivity index (χ1v) is 6.42. The number of hydrogen-bond acceptors (Lipinski definition) is 3. The number of benzene rings is 1. The molecule has 2 N–H and O–H groups in total. The van der Waals surface area contributed by atoms with E-state index >= 15 is 0 Å². The van der Waals surface area contributed by atoms with Crippen molar-refractivity contribution in [1.29, 1.82) is 0 Å². The van der Waals surface area contributed by atoms with Crippen LogP contribution in [0.3, 0.4) is 0 Å². The van der Waals surface area contributed by atoms with E-state index in [-0.39, 0.29) is 6.10 Å². The molecule has 2 nitrogen and oxygen atoms in total. The molecule has 0 bridgehead atoms. The predicted molar refractivity (Wildman–Crippen MR) is 64.2 cm³/mol. The van der Waals surface area contributed by atoms with Crippen LogP contribution in [0.5, 0.6) is 0 Å². The van der Waals surface area contributed by atoms with Gasteiger partial charge in [0, 0.05) is 23.2 Å². The van der Waals surface area contributed by atoms with E-state index in [2.05, 4.69) is 17.4 Å². The number of nitrogens with one attached hydrogen (secondary N) is 1. The Morgan fingerprint density at radius 2 is 2.07 bits per heavy atom. The number of aliphatic hydroxyl groups is 1. The van der Waals surface area contributed by atoms with Crippen LogP contribution in [-0.4, -0.2) is 29.5 Å². The Balaban J connectivity index is 1.63. The predicted octanol–water partition coefficient (Wildman–Crippen LogP) is 1.89. The molecule has 1 aliphatic carbocycles. The summed E-state index contributed by atoms with van der Waals surface area (Å²) in [4.78, 5) is 1.22. The molecule has 15 heavy (non-hydrogen) atoms. The van der Waals surface area contributed by atoms with Crippen LogP contribution < -0.4 is 5.32 Å². The van der Waals surface area contributed by atoms with Gasteiger partial charge in [-0.3, -0.25) is 0 Å². The summed E-state index contributed by atoms with van der Waals surface area (Å²) >= 11 is 1.71. The first-order valence-electron chi connectivity index (χ1n) is 5.44. The summed E-state index contributed by atoms with van der Waals surface area (Å²) < 4.78 is 0. The fourth-order valence-corrected chi connectivity index (χ4v) is 2.21. The SMILES string of the molecule is OC(CNC1CC1)CSc1ccccc1. The van der Waals surface area contributed by atoms with Crippen LogP contribution in [0.2, 0.25) is 0 Å². The van der Waals surface area contributed by atoms with Crippen molar-refractivity contribution in [1.82, 2.24) is 5.32 Å². The maximum absolute atomic E-state index is 9.70. The molecule has 82 valence electrons. The maximum atomic E-state index is 9.70. The van der Waals surface area contributed by atoms with Crippen LogP contribution in [0.4, 0.5) is 0 Å². The second-order valence-corrected chi connectivity index (χ2v) is 5.05. The minimum absolute atomic E-state index is 0.240. The third kappa shape index (κ3) is 4.24. The standard InChI is InChI=1S/C12H17NOS/c14-11(8-13-10-6-7-10)9-15-12-4-2-1-3-5-12/h1-5,10-11,13-14H,6-9H2. The molecule has 3 heteroatoms. The normalized spacial score (nSPS) is 17.7. The van der Waals surface area contributed by atoms with E-state index in [9.17, 15) is 5.11 Å². The second kappa shape index (κ2) is 5.54. The Morgan fingerprint density at radius 1 is 1.33 bits per heavy atom. The molecule has 1 atom stereocenters. The minimum atomic E-state index is -0.240. The maximum Gasteiger partial charge on any atom is 0.0758 e. The monoisotopic (exact) mass is 223 g/mol. The molecule has 0 spiro atoms. The van der Waals surface area contributed by atoms with Gasteiger partial charge in [-0.2, -0.15) is 0 Å². The fraction of sp³-hybridized carbons (Fsp3) is 0.500. The van der Waals surface area contributed by atoms with Crippen LogP contribution in [0.25, 0.3) is 0 Å². The van der Waals surface area contributed by atoms with Gasteiger partial charge in [-0.05, 0) is 25.0 Å². The average Bonchev–Trinajstić information content (AvgIpc) is 3.09. The average molecular weight is 223 g/mol. The van der Waals surface area contributed by atoms with Gasteiger partial charge in [-0.15, -0.1) is 11.8 Å². The molecule has 0 amide bonds. The third-order valence-electron chi connectivity index (χ3n) is 2.41. The molecule has 1 aromatic rings. The molecular formula is C12H17NOS. The summed E-state index contributed by atoms with van der Waals surface area (Å²) in [6, 6.07) is 10.9. The van der Waals surface area contributed by atoms with Crippen molar-refractivity contribution in [2.45, 2.75) is 29.9 Å². The fourth-order valence-electron chi connectivity index (χ4n) is 1.36. The van der Waals surface area contributed by atoms with Crippen molar-refractivity contribution >= 4 is 11.8 Å². The summed E-state index contributed by atoms with van der Waals surface area (Å²) in [5.41, 5.74) is 0. The largest absolute Gasteiger partial charge is 0.391 e. The van der Waals surface area contributed by atoms with Gasteiger partial charge < -0.3 is 10.4 Å². The van der Waals surface area contributed by atoms with Crippen LogP contribution in [0.1, 0.15) is 12.8 Å². The van der Waals surface area contributed by atoms with Gasteiger partial charge in [0.1, 0.15) is 0 Å². The quantitative estimate of drug-likeness (QED) is 0.722. The zero-order valence-corrected chi connectivity index (χ0v) is 9.54. The molecule has 1 saturated carbocycles. The second-order valence-electron chi connectivity index (χ2n) is 3.96. The van der Waals surface area contributed by atoms with E-state index in [4.69, 9.17) is 0 Å². The van der Waals surface area contributed by atoms with Gasteiger partial charge in [-0.25, -0.2) is 0 Å². The van der Waals surface area contributed by atoms with Crippen molar-refractivity contribution < 1.29 is 5.11 Å². The molecule has 1 aliphatic rings. The van der Waals surface area contributed by atoms with Crippen molar-refractivity contribution in [3.05, 3.63) is 30.3 Å². The van der Waals surface area contributed by atoms with Crippen molar-refractivity contribution in [3.8, 4) is 0 Å². The molecule has 2 rings (SSSR count). The summed E-state index contributed by atoms with van der Waals surface area (Å²) in [5, 5.41) is 13.0. The van der Waals surface area contributed by atoms with Crippen molar-refractivity contribution in [2.75, 3.05) is 12.3 Å². The summed E-state index contributed by atoms with van der Waals surface area (Å²) in [5.74, 6) is 0.768. The number of hydrogen-bond donors (Lipinski definition) is 2. The van der Waals surface area contributed by atoms with Crippen LogP contribution in [0.15, 0.2) is 35.2 Å². The van der Waals surface area contributed by atoms with Crippen molar-refractivity contribution in [2.24, 2.45) is 0 Å². The van der Waals surface area contributed by atoms with E-state index < -0.39 is 0 Å². The highest BCUT2D eigenvalue weighted by Gasteiger charge is 2.21. The van der Waals surface area contributed by atoms with E-state index in [1.807, 2.05) is 18.2 Å². The molecule has 0 heterocycles. The smallest absolute Gasteiger partial charge is 0.0758 e. The van der Waals surface area contributed by atoms with Crippen LogP contribution >= 0.6 is 11.8 Å². The first-order chi connectivity index (χ1) is 7.34. The summed E-state index contributed by atoms with van der Waals surface area (Å²) in [7, 11) is 0. The lowest BCUT2D eigenvalue weighted by molar-refractivity contribution is 0.195. The third-order valence-corrected chi connectivity index (χ3v) is 3.56. The Bertz CT molecular complexity index is 287. The molecule has 1 fully saturated rings. The zero-order valence-electron chi connectivity index (χ0n) is 8.73. The topological polar surface area (TPSA) is 32.3 Å². The van der Waals surface area contributed by atoms with Gasteiger partial charge >= 0.3 is 0 Å². The molecule has 1 unspecified atom stereocenters. The zero-order chi connectivity index (χ0) is 10.5. The molecule has 0 saturated heterocycles. The van der Waals surface area contributed by atoms with Crippen LogP contribution in [0, 0.1) is 0 Å². The lowest BCUT2D eigenvalue weighted by Crippen LogP contribution is -2.29. The highest BCUT2D eigenvalue weighted by Crippen LogP contribution is 2.20. The van der Waals surface area contributed by atoms with Gasteiger partial charge in [0.05, 0.1) is 6.10 Å². The van der Waals surface area contributed by atoms with E-state index in [1.165, 1.54) is 17.7 Å². The lowest BCUT2D eigenvalue weighted by Gasteiger charge is -2.10. The molecular weight excluding hydrogens is 206 g/mol. The Kier molecular flexibility index (Phi) is 4.06.